The molecule has 0 unspecified atom stereocenters. The van der Waals surface area contributed by atoms with Crippen LogP contribution in [-0.2, 0) is 121 Å². The minimum Gasteiger partial charge on any atom is -0.481 e. The first kappa shape index (κ1) is 122. The van der Waals surface area contributed by atoms with E-state index in [0.29, 0.717) is 18.4 Å². The van der Waals surface area contributed by atoms with Gasteiger partial charge in [-0.15, -0.1) is 0 Å². The maximum absolute atomic E-state index is 14.6. The number of hydrogen-bond donors (Lipinski definition) is 23. The van der Waals surface area contributed by atoms with Gasteiger partial charge in [0.05, 0.1) is 13.1 Å². The maximum atomic E-state index is 14.6. The summed E-state index contributed by atoms with van der Waals surface area (Å²) in [6, 6.07) is -6.88. The Hall–Kier alpha value is -13.5. The van der Waals surface area contributed by atoms with Crippen LogP contribution in [0.5, 0.6) is 0 Å². The highest BCUT2D eigenvalue weighted by atomic mass is 16.4. The van der Waals surface area contributed by atoms with E-state index in [1.54, 1.807) is 71.9 Å². The van der Waals surface area contributed by atoms with Gasteiger partial charge >= 0.3 is 5.97 Å². The zero-order valence-electron chi connectivity index (χ0n) is 85.2. The van der Waals surface area contributed by atoms with Gasteiger partial charge in [0.15, 0.2) is 0 Å². The summed E-state index contributed by atoms with van der Waals surface area (Å²) in [7, 11) is 0. The monoisotopic (exact) mass is 1990 g/mol. The number of carboxylic acids is 1. The fourth-order valence-corrected chi connectivity index (χ4v) is 14.7. The number of amides is 23. The third-order valence-electron chi connectivity index (χ3n) is 23.4. The molecule has 1 aromatic carbocycles. The van der Waals surface area contributed by atoms with Crippen molar-refractivity contribution >= 4 is 142 Å². The number of nitrogens with zero attached hydrogens (tertiary/aromatic N) is 2. The highest BCUT2D eigenvalue weighted by Gasteiger charge is 2.49. The van der Waals surface area contributed by atoms with Crippen molar-refractivity contribution in [3.63, 3.8) is 0 Å². The van der Waals surface area contributed by atoms with Gasteiger partial charge in [-0.05, 0) is 199 Å². The van der Waals surface area contributed by atoms with Crippen molar-refractivity contribution < 1.29 is 120 Å². The van der Waals surface area contributed by atoms with Crippen molar-refractivity contribution in [2.24, 2.45) is 40.7 Å². The molecule has 2 heterocycles. The van der Waals surface area contributed by atoms with E-state index in [2.05, 4.69) is 95.7 Å². The average molecular weight is 1990 g/mol. The van der Waals surface area contributed by atoms with E-state index >= 15 is 0 Å². The molecule has 3 rings (SSSR count). The summed E-state index contributed by atoms with van der Waals surface area (Å²) in [5, 5.41) is 54.9. The third-order valence-corrected chi connectivity index (χ3v) is 23.4. The number of rotatable bonds is 54. The van der Waals surface area contributed by atoms with Crippen molar-refractivity contribution in [2.75, 3.05) is 26.2 Å². The molecule has 0 bridgehead atoms. The fraction of sp³-hybridized carbons (Fsp3) is 0.674. The lowest BCUT2D eigenvalue weighted by Crippen LogP contribution is -2.66. The van der Waals surface area contributed by atoms with Crippen LogP contribution in [0.1, 0.15) is 242 Å². The standard InChI is InChI=1S/C92H150N24O25/c1-46(2)42-56(72(129)110-92(23,24)84(141)115-40-28-32-57(115)73(130)105-64(47(3)4)75(132)113-90(19,20)82(139)114-89(17,18)80(137)104-53(36-39-63(121)122)70(127)102-52(34-37-59(94)117)69(126)103-55(66(96)123)43-51-30-26-25-27-31-51)100-62(120)45-97-77(134)85(9,10)112-76(133)65(48(5)6)106-81(138)88(15,16)109-71(128)54(35-38-60(95)118)101-67(124)49(7)98-78(135)86(11,12)108-68(125)50(8)99-79(136)87(13,14)111-74(131)58-33-29-41-116(58)83(140)91(21,22)107-61(119)44-93/h25-27,30-31,46-50,52-58,64-65H,28-29,32-45,93H2,1-24H3,(H2,94,117)(H2,95,118)(H2,96,123)(H,97,134)(H,98,135)(H,99,136)(H,100,120)(H,101,124)(H,102,127)(H,103,126)(H,104,137)(H,105,130)(H,106,138)(H,107,119)(H,108,125)(H,109,128)(H,110,129)(H,111,131)(H,112,133)(H,113,132)(H,114,139)(H,121,122)/t49-,50-,52-,53-,54-,55-,56-,57-,58-,64-,65-/m0/s1. The summed E-state index contributed by atoms with van der Waals surface area (Å²) in [5.74, 6) is -23.3. The summed E-state index contributed by atoms with van der Waals surface area (Å²) >= 11 is 0. The van der Waals surface area contributed by atoms with Crippen LogP contribution in [0.2, 0.25) is 0 Å². The highest BCUT2D eigenvalue weighted by molar-refractivity contribution is 6.05. The molecule has 27 N–H and O–H groups in total. The molecular weight excluding hydrogens is 1840 g/mol. The van der Waals surface area contributed by atoms with Gasteiger partial charge in [0, 0.05) is 38.8 Å². The van der Waals surface area contributed by atoms with Crippen molar-refractivity contribution in [1.82, 2.24) is 106 Å². The fourth-order valence-electron chi connectivity index (χ4n) is 14.7. The molecule has 2 saturated heterocycles. The van der Waals surface area contributed by atoms with E-state index < -0.39 is 310 Å². The second kappa shape index (κ2) is 51.6. The number of nitrogens with two attached hydrogens (primary N) is 4. The minimum absolute atomic E-state index is 0.00228. The first-order chi connectivity index (χ1) is 64.7. The van der Waals surface area contributed by atoms with E-state index in [0.717, 1.165) is 0 Å². The normalized spacial score (nSPS) is 16.1. The lowest BCUT2D eigenvalue weighted by molar-refractivity contribution is -0.146. The molecule has 0 spiro atoms. The van der Waals surface area contributed by atoms with Crippen LogP contribution in [-0.4, -0.2) is 294 Å². The van der Waals surface area contributed by atoms with E-state index in [4.69, 9.17) is 22.9 Å². The Kier molecular flexibility index (Phi) is 44.5. The lowest BCUT2D eigenvalue weighted by Gasteiger charge is -2.36. The van der Waals surface area contributed by atoms with Gasteiger partial charge in [-0.1, -0.05) is 71.9 Å². The Labute approximate surface area is 820 Å². The number of hydrogen-bond acceptors (Lipinski definition) is 25. The molecule has 0 aliphatic carbocycles. The van der Waals surface area contributed by atoms with Crippen molar-refractivity contribution in [1.29, 1.82) is 0 Å². The van der Waals surface area contributed by atoms with E-state index in [9.17, 15) is 120 Å². The van der Waals surface area contributed by atoms with Crippen LogP contribution in [0, 0.1) is 17.8 Å². The molecule has 11 atom stereocenters. The first-order valence-corrected chi connectivity index (χ1v) is 46.7. The molecule has 1 aromatic rings. The number of likely N-dealkylation sites (tertiary alicyclic amines) is 2. The van der Waals surface area contributed by atoms with Crippen LogP contribution in [0.15, 0.2) is 30.3 Å². The number of nitrogens with one attached hydrogen (secondary N) is 18. The van der Waals surface area contributed by atoms with Crippen molar-refractivity contribution in [3.05, 3.63) is 35.9 Å². The maximum Gasteiger partial charge on any atom is 0.303 e. The summed E-state index contributed by atoms with van der Waals surface area (Å²) in [4.78, 5) is 328. The predicted octanol–water partition coefficient (Wildman–Crippen LogP) is -5.91. The Morgan fingerprint density at radius 1 is 0.362 bits per heavy atom. The number of primary amides is 3. The number of benzene rings is 1. The van der Waals surface area contributed by atoms with Gasteiger partial charge in [-0.3, -0.25) is 115 Å². The summed E-state index contributed by atoms with van der Waals surface area (Å²) in [6.07, 6.45) is -1.98. The molecule has 0 saturated carbocycles. The zero-order valence-corrected chi connectivity index (χ0v) is 85.2. The van der Waals surface area contributed by atoms with E-state index in [-0.39, 0.29) is 51.2 Å². The first-order valence-electron chi connectivity index (χ1n) is 46.7. The predicted molar refractivity (Wildman–Crippen MR) is 510 cm³/mol. The number of carboxylic acid groups (broad SMARTS) is 1. The zero-order chi connectivity index (χ0) is 108. The molecule has 788 valence electrons. The second-order valence-electron chi connectivity index (χ2n) is 40.9. The highest BCUT2D eigenvalue weighted by Crippen LogP contribution is 2.27. The van der Waals surface area contributed by atoms with Crippen LogP contribution in [0.3, 0.4) is 0 Å². The van der Waals surface area contributed by atoms with Gasteiger partial charge in [-0.2, -0.15) is 0 Å². The lowest BCUT2D eigenvalue weighted by atomic mass is 9.96. The number of aliphatic carboxylic acids is 1. The van der Waals surface area contributed by atoms with E-state index in [1.807, 2.05) is 0 Å². The van der Waals surface area contributed by atoms with E-state index in [1.165, 1.54) is 134 Å². The second-order valence-corrected chi connectivity index (χ2v) is 40.9. The molecule has 2 fully saturated rings. The van der Waals surface area contributed by atoms with Gasteiger partial charge in [0.25, 0.3) is 0 Å². The minimum atomic E-state index is -1.95. The molecule has 0 radical (unpaired) electrons. The molecule has 49 nitrogen and oxygen atoms in total. The van der Waals surface area contributed by atoms with Gasteiger partial charge in [0.2, 0.25) is 136 Å². The summed E-state index contributed by atoms with van der Waals surface area (Å²) in [5.41, 5.74) is 8.19. The number of carbonyl (C=O) groups is 24. The summed E-state index contributed by atoms with van der Waals surface area (Å²) < 4.78 is 0. The topological polar surface area (TPSA) is 757 Å². The largest absolute Gasteiger partial charge is 0.481 e. The van der Waals surface area contributed by atoms with Crippen LogP contribution >= 0.6 is 0 Å². The molecule has 141 heavy (non-hydrogen) atoms. The molecule has 2 aliphatic heterocycles. The molecular formula is C92H150N24O25. The smallest absolute Gasteiger partial charge is 0.303 e. The molecule has 23 amide bonds. The van der Waals surface area contributed by atoms with Gasteiger partial charge in [-0.25, -0.2) is 0 Å². The van der Waals surface area contributed by atoms with Crippen LogP contribution in [0.4, 0.5) is 0 Å². The van der Waals surface area contributed by atoms with Crippen molar-refractivity contribution in [2.45, 2.75) is 354 Å². The Bertz CT molecular complexity index is 4820. The molecule has 2 aliphatic rings. The average Bonchev–Trinajstić information content (AvgIpc) is 1.69. The van der Waals surface area contributed by atoms with Crippen LogP contribution < -0.4 is 119 Å². The number of carbonyl (C=O) groups excluding carboxylic acids is 23. The Morgan fingerprint density at radius 2 is 0.730 bits per heavy atom. The Morgan fingerprint density at radius 3 is 1.19 bits per heavy atom. The molecule has 0 aromatic heterocycles. The Balaban J connectivity index is 1.65. The van der Waals surface area contributed by atoms with Crippen molar-refractivity contribution in [3.8, 4) is 0 Å². The van der Waals surface area contributed by atoms with Crippen LogP contribution in [0.25, 0.3) is 0 Å². The quantitative estimate of drug-likeness (QED) is 0.0289. The molecule has 49 heteroatoms. The van der Waals surface area contributed by atoms with Gasteiger partial charge < -0.3 is 134 Å². The SMILES string of the molecule is CC(C)C[C@H](NC(=O)CNC(=O)C(C)(C)NC(=O)[C@@H](NC(=O)C(C)(C)NC(=O)[C@H](CCC(N)=O)NC(=O)[C@H](C)NC(=O)C(C)(C)NC(=O)[C@H](C)NC(=O)C(C)(C)NC(=O)[C@@H]1CCCN1C(=O)C(C)(C)NC(=O)CN)C(C)C)C(=O)NC(C)(C)C(=O)N1CCC[C@H]1C(=O)N[C@H](C(=O)NC(C)(C)C(=O)NC(C)(C)C(=O)N[C@@H](CCC(=O)O)C(=O)N[C@@H](CCC(N)=O)C(=O)N[C@@H](Cc1ccccc1)C(N)=O)C(C)C. The summed E-state index contributed by atoms with van der Waals surface area (Å²) in [6.45, 7) is 32.4. The van der Waals surface area contributed by atoms with Gasteiger partial charge in [0.1, 0.15) is 111 Å². The third kappa shape index (κ3) is 37.5.